The molecule has 0 radical (unpaired) electrons. The molecule has 0 aliphatic rings. The maximum atomic E-state index is 13.1. The summed E-state index contributed by atoms with van der Waals surface area (Å²) < 4.78 is -1.77. The average molecular weight is 471 g/mol. The summed E-state index contributed by atoms with van der Waals surface area (Å²) >= 11 is -3.90. The van der Waals surface area contributed by atoms with Gasteiger partial charge >= 0.3 is 164 Å². The number of hydrogen-bond acceptors (Lipinski definition) is 4. The Hall–Kier alpha value is -2.08. The van der Waals surface area contributed by atoms with E-state index in [9.17, 15) is 19.2 Å². The van der Waals surface area contributed by atoms with E-state index in [1.165, 1.54) is 13.8 Å². The molecule has 0 fully saturated rings. The van der Waals surface area contributed by atoms with Crippen LogP contribution in [0.25, 0.3) is 0 Å². The van der Waals surface area contributed by atoms with Gasteiger partial charge in [0.2, 0.25) is 0 Å². The number of ketones is 4. The van der Waals surface area contributed by atoms with E-state index in [1.807, 2.05) is 9.88 Å². The molecule has 0 heterocycles. The molecule has 27 heavy (non-hydrogen) atoms. The summed E-state index contributed by atoms with van der Waals surface area (Å²) in [6, 6.07) is 17.2. The zero-order chi connectivity index (χ0) is 20.2. The first-order valence-electron chi connectivity index (χ1n) is 8.87. The summed E-state index contributed by atoms with van der Waals surface area (Å²) in [5.41, 5.74) is 0.883. The van der Waals surface area contributed by atoms with Crippen LogP contribution in [0.2, 0.25) is 17.7 Å². The minimum atomic E-state index is -3.90. The number of benzene rings is 2. The van der Waals surface area contributed by atoms with Gasteiger partial charge in [0, 0.05) is 0 Å². The molecule has 2 atom stereocenters. The molecular formula is C22H24O4Sn. The number of carbonyl (C=O) groups excluding carboxylic acids is 4. The summed E-state index contributed by atoms with van der Waals surface area (Å²) in [6.45, 7) is 2.77. The van der Waals surface area contributed by atoms with Crippen LogP contribution in [0.3, 0.4) is 0 Å². The SMILES string of the molecule is CC(=O)[CH](C(=O)c1ccccc1)[Sn]([CH3])([CH3])[CH](C(C)=O)C(=O)c1ccccc1. The van der Waals surface area contributed by atoms with Gasteiger partial charge in [0.15, 0.2) is 0 Å². The predicted molar refractivity (Wildman–Crippen MR) is 108 cm³/mol. The van der Waals surface area contributed by atoms with E-state index in [-0.39, 0.29) is 23.1 Å². The third kappa shape index (κ3) is 4.61. The Morgan fingerprint density at radius 2 is 0.926 bits per heavy atom. The molecule has 0 amide bonds. The zero-order valence-electron chi connectivity index (χ0n) is 16.1. The first kappa shape index (κ1) is 21.2. The van der Waals surface area contributed by atoms with Crippen molar-refractivity contribution in [3.05, 3.63) is 71.8 Å². The predicted octanol–water partition coefficient (Wildman–Crippen LogP) is 4.38. The van der Waals surface area contributed by atoms with Crippen molar-refractivity contribution in [1.29, 1.82) is 0 Å². The Morgan fingerprint density at radius 3 is 1.19 bits per heavy atom. The molecule has 0 aromatic heterocycles. The Kier molecular flexibility index (Phi) is 6.87. The Labute approximate surface area is 163 Å². The maximum absolute atomic E-state index is 13.1. The monoisotopic (exact) mass is 472 g/mol. The van der Waals surface area contributed by atoms with Crippen molar-refractivity contribution in [2.75, 3.05) is 0 Å². The van der Waals surface area contributed by atoms with Crippen molar-refractivity contribution in [2.24, 2.45) is 0 Å². The van der Waals surface area contributed by atoms with Gasteiger partial charge in [-0.1, -0.05) is 0 Å². The Morgan fingerprint density at radius 1 is 0.630 bits per heavy atom. The summed E-state index contributed by atoms with van der Waals surface area (Å²) in [5, 5.41) is 0. The van der Waals surface area contributed by atoms with Gasteiger partial charge in [-0.15, -0.1) is 0 Å². The molecule has 0 N–H and O–H groups in total. The van der Waals surface area contributed by atoms with Gasteiger partial charge in [-0.3, -0.25) is 0 Å². The van der Waals surface area contributed by atoms with Crippen molar-refractivity contribution >= 4 is 41.5 Å². The first-order valence-corrected chi connectivity index (χ1v) is 17.9. The molecule has 0 saturated carbocycles. The molecule has 2 unspecified atom stereocenters. The fourth-order valence-electron chi connectivity index (χ4n) is 3.80. The zero-order valence-corrected chi connectivity index (χ0v) is 18.9. The number of hydrogen-bond donors (Lipinski definition) is 0. The van der Waals surface area contributed by atoms with Crippen molar-refractivity contribution in [3.63, 3.8) is 0 Å². The molecule has 140 valence electrons. The Bertz CT molecular complexity index is 785. The van der Waals surface area contributed by atoms with Crippen LogP contribution in [0.15, 0.2) is 60.7 Å². The average Bonchev–Trinajstić information content (AvgIpc) is 2.62. The van der Waals surface area contributed by atoms with Crippen molar-refractivity contribution in [2.45, 2.75) is 31.6 Å². The van der Waals surface area contributed by atoms with Crippen LogP contribution in [0, 0.1) is 0 Å². The second-order valence-electron chi connectivity index (χ2n) is 7.37. The first-order chi connectivity index (χ1) is 12.7. The fraction of sp³-hybridized carbons (Fsp3) is 0.273. The van der Waals surface area contributed by atoms with Crippen molar-refractivity contribution in [3.8, 4) is 0 Å². The fourth-order valence-corrected chi connectivity index (χ4v) is 15.5. The van der Waals surface area contributed by atoms with Gasteiger partial charge in [0.25, 0.3) is 0 Å². The third-order valence-corrected chi connectivity index (χ3v) is 17.3. The second kappa shape index (κ2) is 8.74. The minimum absolute atomic E-state index is 0.267. The summed E-state index contributed by atoms with van der Waals surface area (Å²) in [6.07, 6.45) is 0. The summed E-state index contributed by atoms with van der Waals surface area (Å²) in [5.74, 6) is -1.10. The number of carbonyl (C=O) groups is 4. The van der Waals surface area contributed by atoms with E-state index in [2.05, 4.69) is 0 Å². The van der Waals surface area contributed by atoms with Gasteiger partial charge in [-0.2, -0.15) is 0 Å². The summed E-state index contributed by atoms with van der Waals surface area (Å²) in [4.78, 5) is 55.0. The van der Waals surface area contributed by atoms with Gasteiger partial charge in [0.1, 0.15) is 0 Å². The van der Waals surface area contributed by atoms with Crippen molar-refractivity contribution in [1.82, 2.24) is 0 Å². The summed E-state index contributed by atoms with van der Waals surface area (Å²) in [7, 11) is 0. The molecule has 0 spiro atoms. The normalized spacial score (nSPS) is 13.5. The molecule has 2 rings (SSSR count). The van der Waals surface area contributed by atoms with Crippen LogP contribution in [-0.4, -0.2) is 41.5 Å². The molecule has 5 heteroatoms. The van der Waals surface area contributed by atoms with Crippen molar-refractivity contribution < 1.29 is 19.2 Å². The van der Waals surface area contributed by atoms with E-state index >= 15 is 0 Å². The van der Waals surface area contributed by atoms with Crippen LogP contribution < -0.4 is 0 Å². The van der Waals surface area contributed by atoms with E-state index in [0.717, 1.165) is 0 Å². The molecule has 2 aromatic carbocycles. The van der Waals surface area contributed by atoms with Crippen LogP contribution in [0.4, 0.5) is 0 Å². The molecular weight excluding hydrogens is 447 g/mol. The van der Waals surface area contributed by atoms with Gasteiger partial charge in [-0.05, 0) is 0 Å². The molecule has 0 aliphatic heterocycles. The standard InChI is InChI=1S/2C10H9O2.2CH3.Sn/c2*1-8(11)7-10(12)9-5-3-2-4-6-9;;;/h2*2-7H,1H3;2*1H3;. The van der Waals surface area contributed by atoms with Gasteiger partial charge < -0.3 is 0 Å². The molecule has 0 aliphatic carbocycles. The van der Waals surface area contributed by atoms with Crippen LogP contribution in [0.5, 0.6) is 0 Å². The molecule has 4 nitrogen and oxygen atoms in total. The van der Waals surface area contributed by atoms with E-state index in [4.69, 9.17) is 0 Å². The quantitative estimate of drug-likeness (QED) is 0.326. The third-order valence-electron chi connectivity index (χ3n) is 4.94. The number of Topliss-reactive ketones (excluding diaryl/α,β-unsaturated/α-hetero) is 4. The molecule has 2 aromatic rings. The number of rotatable bonds is 8. The molecule has 0 bridgehead atoms. The van der Waals surface area contributed by atoms with E-state index in [0.29, 0.717) is 11.1 Å². The van der Waals surface area contributed by atoms with Gasteiger partial charge in [-0.25, -0.2) is 0 Å². The van der Waals surface area contributed by atoms with Crippen LogP contribution in [-0.2, 0) is 9.59 Å². The van der Waals surface area contributed by atoms with Crippen LogP contribution >= 0.6 is 0 Å². The van der Waals surface area contributed by atoms with E-state index < -0.39 is 26.2 Å². The van der Waals surface area contributed by atoms with E-state index in [1.54, 1.807) is 60.7 Å². The van der Waals surface area contributed by atoms with Gasteiger partial charge in [0.05, 0.1) is 0 Å². The second-order valence-corrected chi connectivity index (χ2v) is 21.1. The van der Waals surface area contributed by atoms with Crippen LogP contribution in [0.1, 0.15) is 34.6 Å². The topological polar surface area (TPSA) is 68.3 Å². The molecule has 0 saturated heterocycles. The Balaban J connectivity index is 2.51.